The van der Waals surface area contributed by atoms with E-state index in [1.807, 2.05) is 6.07 Å². The summed E-state index contributed by atoms with van der Waals surface area (Å²) in [5, 5.41) is 12.1. The number of benzene rings is 1. The molecule has 1 N–H and O–H groups in total. The van der Waals surface area contributed by atoms with Gasteiger partial charge >= 0.3 is 5.97 Å². The topological polar surface area (TPSA) is 96.3 Å². The van der Waals surface area contributed by atoms with Gasteiger partial charge in [-0.15, -0.1) is 0 Å². The van der Waals surface area contributed by atoms with Gasteiger partial charge < -0.3 is 10.1 Å². The first-order chi connectivity index (χ1) is 10.5. The van der Waals surface area contributed by atoms with E-state index in [1.165, 1.54) is 6.92 Å². The SMILES string of the molecule is CCOC(=O)[C@H](C#N)[C@]1(CC(C)=O)C(=O)Nc2ccccc21. The lowest BCUT2D eigenvalue weighted by Crippen LogP contribution is -2.46. The number of anilines is 1. The summed E-state index contributed by atoms with van der Waals surface area (Å²) in [6.07, 6.45) is -0.229. The van der Waals surface area contributed by atoms with Crippen molar-refractivity contribution in [3.63, 3.8) is 0 Å². The molecule has 1 aliphatic heterocycles. The lowest BCUT2D eigenvalue weighted by atomic mass is 9.68. The summed E-state index contributed by atoms with van der Waals surface area (Å²) in [6.45, 7) is 3.04. The molecule has 1 aromatic rings. The number of para-hydroxylation sites is 1. The number of fused-ring (bicyclic) bond motifs is 1. The molecule has 0 fully saturated rings. The fourth-order valence-electron chi connectivity index (χ4n) is 2.88. The number of carbonyl (C=O) groups is 3. The highest BCUT2D eigenvalue weighted by Crippen LogP contribution is 2.46. The Morgan fingerprint density at radius 1 is 1.41 bits per heavy atom. The highest BCUT2D eigenvalue weighted by atomic mass is 16.5. The molecule has 1 aliphatic rings. The number of carbonyl (C=O) groups excluding carboxylic acids is 3. The van der Waals surface area contributed by atoms with Crippen LogP contribution in [0, 0.1) is 17.2 Å². The van der Waals surface area contributed by atoms with Crippen LogP contribution < -0.4 is 5.32 Å². The van der Waals surface area contributed by atoms with Crippen LogP contribution in [-0.4, -0.2) is 24.3 Å². The zero-order valence-corrected chi connectivity index (χ0v) is 12.4. The maximum atomic E-state index is 12.6. The minimum atomic E-state index is -1.54. The van der Waals surface area contributed by atoms with E-state index < -0.39 is 23.2 Å². The Bertz CT molecular complexity index is 677. The summed E-state index contributed by atoms with van der Waals surface area (Å²) in [6, 6.07) is 8.62. The number of ketones is 1. The number of nitrogens with one attached hydrogen (secondary N) is 1. The van der Waals surface area contributed by atoms with Gasteiger partial charge in [0.05, 0.1) is 12.7 Å². The predicted octanol–water partition coefficient (Wildman–Crippen LogP) is 1.56. The van der Waals surface area contributed by atoms with Crippen molar-refractivity contribution >= 4 is 23.3 Å². The number of ether oxygens (including phenoxy) is 1. The molecule has 0 radical (unpaired) electrons. The third-order valence-corrected chi connectivity index (χ3v) is 3.73. The smallest absolute Gasteiger partial charge is 0.324 e. The lowest BCUT2D eigenvalue weighted by molar-refractivity contribution is -0.150. The summed E-state index contributed by atoms with van der Waals surface area (Å²) in [7, 11) is 0. The number of hydrogen-bond donors (Lipinski definition) is 1. The number of esters is 1. The van der Waals surface area contributed by atoms with Crippen molar-refractivity contribution in [2.45, 2.75) is 25.7 Å². The van der Waals surface area contributed by atoms with E-state index in [-0.39, 0.29) is 18.8 Å². The number of nitrogens with zero attached hydrogens (tertiary/aromatic N) is 1. The molecule has 0 bridgehead atoms. The first kappa shape index (κ1) is 15.7. The molecular weight excluding hydrogens is 284 g/mol. The second-order valence-electron chi connectivity index (χ2n) is 5.16. The Morgan fingerprint density at radius 3 is 2.68 bits per heavy atom. The summed E-state index contributed by atoms with van der Waals surface area (Å²) in [5.41, 5.74) is -0.545. The van der Waals surface area contributed by atoms with E-state index in [0.29, 0.717) is 11.3 Å². The number of hydrogen-bond acceptors (Lipinski definition) is 5. The molecule has 22 heavy (non-hydrogen) atoms. The molecule has 0 saturated heterocycles. The van der Waals surface area contributed by atoms with Crippen molar-refractivity contribution in [3.05, 3.63) is 29.8 Å². The van der Waals surface area contributed by atoms with Crippen LogP contribution in [0.25, 0.3) is 0 Å². The highest BCUT2D eigenvalue weighted by molar-refractivity contribution is 6.11. The standard InChI is InChI=1S/C16H16N2O4/c1-3-22-14(20)12(9-17)16(8-10(2)19)11-6-4-5-7-13(11)18-15(16)21/h4-7,12H,3,8H2,1-2H3,(H,18,21)/t12-,16+/m0/s1. The van der Waals surface area contributed by atoms with Gasteiger partial charge in [-0.3, -0.25) is 14.4 Å². The average Bonchev–Trinajstić information content (AvgIpc) is 2.73. The van der Waals surface area contributed by atoms with Crippen molar-refractivity contribution < 1.29 is 19.1 Å². The number of Topliss-reactive ketones (excluding diaryl/α,β-unsaturated/α-hetero) is 1. The molecule has 114 valence electrons. The Balaban J connectivity index is 2.63. The second kappa shape index (κ2) is 5.98. The van der Waals surface area contributed by atoms with Crippen LogP contribution in [0.4, 0.5) is 5.69 Å². The Morgan fingerprint density at radius 2 is 2.09 bits per heavy atom. The van der Waals surface area contributed by atoms with Crippen LogP contribution in [0.3, 0.4) is 0 Å². The van der Waals surface area contributed by atoms with E-state index in [2.05, 4.69) is 5.32 Å². The lowest BCUT2D eigenvalue weighted by Gasteiger charge is -2.29. The monoisotopic (exact) mass is 300 g/mol. The van der Waals surface area contributed by atoms with Gasteiger partial charge in [0.25, 0.3) is 0 Å². The van der Waals surface area contributed by atoms with Gasteiger partial charge in [-0.05, 0) is 25.5 Å². The molecule has 6 nitrogen and oxygen atoms in total. The molecule has 0 spiro atoms. The Hall–Kier alpha value is -2.68. The molecule has 0 saturated carbocycles. The molecule has 1 aromatic carbocycles. The van der Waals surface area contributed by atoms with Crippen LogP contribution in [0.5, 0.6) is 0 Å². The molecule has 2 atom stereocenters. The minimum Gasteiger partial charge on any atom is -0.465 e. The van der Waals surface area contributed by atoms with E-state index in [0.717, 1.165) is 0 Å². The summed E-state index contributed by atoms with van der Waals surface area (Å²) in [5.74, 6) is -2.97. The van der Waals surface area contributed by atoms with Crippen LogP contribution in [0.2, 0.25) is 0 Å². The molecule has 1 amide bonds. The zero-order chi connectivity index (χ0) is 16.3. The molecular formula is C16H16N2O4. The minimum absolute atomic E-state index is 0.0937. The normalized spacial score (nSPS) is 20.5. The largest absolute Gasteiger partial charge is 0.465 e. The van der Waals surface area contributed by atoms with Gasteiger partial charge in [-0.1, -0.05) is 18.2 Å². The molecule has 2 rings (SSSR count). The third-order valence-electron chi connectivity index (χ3n) is 3.73. The van der Waals surface area contributed by atoms with E-state index >= 15 is 0 Å². The first-order valence-corrected chi connectivity index (χ1v) is 6.94. The maximum absolute atomic E-state index is 12.6. The molecule has 0 aliphatic carbocycles. The van der Waals surface area contributed by atoms with E-state index in [9.17, 15) is 19.6 Å². The summed E-state index contributed by atoms with van der Waals surface area (Å²) in [4.78, 5) is 36.5. The van der Waals surface area contributed by atoms with Gasteiger partial charge in [0.1, 0.15) is 11.2 Å². The quantitative estimate of drug-likeness (QED) is 0.832. The van der Waals surface area contributed by atoms with Gasteiger partial charge in [0.15, 0.2) is 5.92 Å². The van der Waals surface area contributed by atoms with Gasteiger partial charge in [0.2, 0.25) is 5.91 Å². The second-order valence-corrected chi connectivity index (χ2v) is 5.16. The van der Waals surface area contributed by atoms with Gasteiger partial charge in [0, 0.05) is 12.1 Å². The third kappa shape index (κ3) is 2.35. The summed E-state index contributed by atoms with van der Waals surface area (Å²) >= 11 is 0. The number of nitriles is 1. The van der Waals surface area contributed by atoms with Crippen molar-refractivity contribution in [2.24, 2.45) is 5.92 Å². The first-order valence-electron chi connectivity index (χ1n) is 6.94. The van der Waals surface area contributed by atoms with Crippen LogP contribution in [-0.2, 0) is 24.5 Å². The maximum Gasteiger partial charge on any atom is 0.324 e. The number of amides is 1. The highest BCUT2D eigenvalue weighted by Gasteiger charge is 2.56. The molecule has 1 heterocycles. The van der Waals surface area contributed by atoms with Crippen molar-refractivity contribution in [2.75, 3.05) is 11.9 Å². The summed E-state index contributed by atoms with van der Waals surface area (Å²) < 4.78 is 4.92. The van der Waals surface area contributed by atoms with Crippen molar-refractivity contribution in [3.8, 4) is 6.07 Å². The van der Waals surface area contributed by atoms with Crippen molar-refractivity contribution in [1.29, 1.82) is 5.26 Å². The Labute approximate surface area is 128 Å². The number of rotatable bonds is 5. The van der Waals surface area contributed by atoms with Gasteiger partial charge in [-0.25, -0.2) is 0 Å². The molecule has 0 unspecified atom stereocenters. The molecule has 0 aromatic heterocycles. The molecule has 6 heteroatoms. The zero-order valence-electron chi connectivity index (χ0n) is 12.4. The van der Waals surface area contributed by atoms with Crippen LogP contribution in [0.1, 0.15) is 25.8 Å². The van der Waals surface area contributed by atoms with Crippen LogP contribution >= 0.6 is 0 Å². The Kier molecular flexibility index (Phi) is 4.27. The average molecular weight is 300 g/mol. The van der Waals surface area contributed by atoms with Gasteiger partial charge in [-0.2, -0.15) is 5.26 Å². The van der Waals surface area contributed by atoms with E-state index in [4.69, 9.17) is 4.74 Å². The van der Waals surface area contributed by atoms with Crippen LogP contribution in [0.15, 0.2) is 24.3 Å². The predicted molar refractivity (Wildman–Crippen MR) is 77.8 cm³/mol. The fraction of sp³-hybridized carbons (Fsp3) is 0.375. The fourth-order valence-corrected chi connectivity index (χ4v) is 2.88. The van der Waals surface area contributed by atoms with Crippen molar-refractivity contribution in [1.82, 2.24) is 0 Å². The van der Waals surface area contributed by atoms with E-state index in [1.54, 1.807) is 31.2 Å².